The minimum absolute atomic E-state index is 0.0158. The van der Waals surface area contributed by atoms with Crippen LogP contribution in [0.4, 0.5) is 0 Å². The summed E-state index contributed by atoms with van der Waals surface area (Å²) in [6.45, 7) is 5.22. The van der Waals surface area contributed by atoms with Gasteiger partial charge in [0.15, 0.2) is 0 Å². The predicted molar refractivity (Wildman–Crippen MR) is 73.0 cm³/mol. The molecule has 19 heavy (non-hydrogen) atoms. The molecule has 0 bridgehead atoms. The number of hydrogen-bond donors (Lipinski definition) is 0. The predicted octanol–water partition coefficient (Wildman–Crippen LogP) is 2.22. The Bertz CT molecular complexity index is 447. The molecule has 0 N–H and O–H groups in total. The van der Waals surface area contributed by atoms with Crippen LogP contribution in [0.15, 0.2) is 24.3 Å². The fraction of sp³-hybridized carbons (Fsp3) is 0.533. The lowest BCUT2D eigenvalue weighted by atomic mass is 10.1. The van der Waals surface area contributed by atoms with Crippen LogP contribution in [0.25, 0.3) is 0 Å². The van der Waals surface area contributed by atoms with Crippen LogP contribution in [0.5, 0.6) is 5.75 Å². The first-order valence-corrected chi connectivity index (χ1v) is 6.73. The van der Waals surface area contributed by atoms with Gasteiger partial charge in [0, 0.05) is 18.5 Å². The zero-order chi connectivity index (χ0) is 13.8. The monoisotopic (exact) mass is 263 g/mol. The quantitative estimate of drug-likeness (QED) is 0.764. The van der Waals surface area contributed by atoms with E-state index in [0.717, 1.165) is 17.7 Å². The summed E-state index contributed by atoms with van der Waals surface area (Å²) in [7, 11) is 1.95. The molecule has 4 nitrogen and oxygen atoms in total. The largest absolute Gasteiger partial charge is 0.494 e. The lowest BCUT2D eigenvalue weighted by Crippen LogP contribution is -2.34. The first-order valence-electron chi connectivity index (χ1n) is 6.73. The summed E-state index contributed by atoms with van der Waals surface area (Å²) in [6.07, 6.45) is 0.772. The third-order valence-electron chi connectivity index (χ3n) is 3.37. The Labute approximate surface area is 114 Å². The lowest BCUT2D eigenvalue weighted by molar-refractivity contribution is -0.144. The van der Waals surface area contributed by atoms with E-state index in [4.69, 9.17) is 9.47 Å². The van der Waals surface area contributed by atoms with Crippen molar-refractivity contribution in [2.24, 2.45) is 0 Å². The molecule has 0 radical (unpaired) electrons. The number of benzene rings is 1. The maximum absolute atomic E-state index is 11.7. The number of rotatable bonds is 5. The SMILES string of the molecule is CCOc1ccccc1CN(C)[C@@H]1C[C@H](C)OC1=O. The second-order valence-electron chi connectivity index (χ2n) is 4.95. The zero-order valence-corrected chi connectivity index (χ0v) is 11.8. The summed E-state index contributed by atoms with van der Waals surface area (Å²) in [5.41, 5.74) is 1.10. The van der Waals surface area contributed by atoms with E-state index in [1.54, 1.807) is 0 Å². The van der Waals surface area contributed by atoms with Gasteiger partial charge >= 0.3 is 5.97 Å². The second kappa shape index (κ2) is 6.06. The fourth-order valence-corrected chi connectivity index (χ4v) is 2.41. The number of nitrogens with zero attached hydrogens (tertiary/aromatic N) is 1. The molecular weight excluding hydrogens is 242 g/mol. The number of para-hydroxylation sites is 1. The molecule has 104 valence electrons. The van der Waals surface area contributed by atoms with Crippen molar-refractivity contribution >= 4 is 5.97 Å². The van der Waals surface area contributed by atoms with Gasteiger partial charge in [-0.05, 0) is 27.0 Å². The van der Waals surface area contributed by atoms with E-state index in [1.165, 1.54) is 0 Å². The molecule has 1 heterocycles. The Kier molecular flexibility index (Phi) is 4.43. The van der Waals surface area contributed by atoms with Crippen LogP contribution in [0, 0.1) is 0 Å². The molecule has 0 amide bonds. The highest BCUT2D eigenvalue weighted by Crippen LogP contribution is 2.24. The third-order valence-corrected chi connectivity index (χ3v) is 3.37. The van der Waals surface area contributed by atoms with Crippen molar-refractivity contribution in [2.45, 2.75) is 39.0 Å². The van der Waals surface area contributed by atoms with E-state index in [9.17, 15) is 4.79 Å². The van der Waals surface area contributed by atoms with E-state index < -0.39 is 0 Å². The Morgan fingerprint density at radius 1 is 1.42 bits per heavy atom. The van der Waals surface area contributed by atoms with Gasteiger partial charge in [-0.3, -0.25) is 9.69 Å². The number of hydrogen-bond acceptors (Lipinski definition) is 4. The molecular formula is C15H21NO3. The number of likely N-dealkylation sites (N-methyl/N-ethyl adjacent to an activating group) is 1. The lowest BCUT2D eigenvalue weighted by Gasteiger charge is -2.22. The topological polar surface area (TPSA) is 38.8 Å². The van der Waals surface area contributed by atoms with Crippen molar-refractivity contribution in [1.29, 1.82) is 0 Å². The molecule has 0 aliphatic carbocycles. The van der Waals surface area contributed by atoms with Crippen LogP contribution >= 0.6 is 0 Å². The number of esters is 1. The highest BCUT2D eigenvalue weighted by Gasteiger charge is 2.34. The summed E-state index contributed by atoms with van der Waals surface area (Å²) >= 11 is 0. The molecule has 1 aromatic carbocycles. The summed E-state index contributed by atoms with van der Waals surface area (Å²) in [5, 5.41) is 0. The smallest absolute Gasteiger partial charge is 0.323 e. The van der Waals surface area contributed by atoms with E-state index >= 15 is 0 Å². The van der Waals surface area contributed by atoms with Gasteiger partial charge in [0.25, 0.3) is 0 Å². The van der Waals surface area contributed by atoms with E-state index in [-0.39, 0.29) is 18.1 Å². The van der Waals surface area contributed by atoms with Crippen LogP contribution in [0.2, 0.25) is 0 Å². The molecule has 2 atom stereocenters. The first-order chi connectivity index (χ1) is 9.11. The second-order valence-corrected chi connectivity index (χ2v) is 4.95. The molecule has 2 rings (SSSR count). The Morgan fingerprint density at radius 2 is 2.16 bits per heavy atom. The molecule has 0 spiro atoms. The van der Waals surface area contributed by atoms with Gasteiger partial charge in [-0.2, -0.15) is 0 Å². The Balaban J connectivity index is 2.06. The van der Waals surface area contributed by atoms with E-state index in [1.807, 2.05) is 50.1 Å². The summed E-state index contributed by atoms with van der Waals surface area (Å²) in [6, 6.07) is 7.79. The maximum atomic E-state index is 11.7. The molecule has 1 fully saturated rings. The molecule has 1 aliphatic heterocycles. The highest BCUT2D eigenvalue weighted by atomic mass is 16.6. The van der Waals surface area contributed by atoms with Crippen molar-refractivity contribution < 1.29 is 14.3 Å². The standard InChI is InChI=1S/C15H21NO3/c1-4-18-14-8-6-5-7-12(14)10-16(3)13-9-11(2)19-15(13)17/h5-8,11,13H,4,9-10H2,1-3H3/t11-,13+/m0/s1. The van der Waals surface area contributed by atoms with Crippen LogP contribution in [0.1, 0.15) is 25.8 Å². The minimum Gasteiger partial charge on any atom is -0.494 e. The van der Waals surface area contributed by atoms with Crippen LogP contribution in [-0.2, 0) is 16.1 Å². The number of cyclic esters (lactones) is 1. The van der Waals surface area contributed by atoms with Crippen LogP contribution in [0.3, 0.4) is 0 Å². The van der Waals surface area contributed by atoms with Crippen molar-refractivity contribution in [3.8, 4) is 5.75 Å². The normalized spacial score (nSPS) is 22.6. The van der Waals surface area contributed by atoms with Crippen molar-refractivity contribution in [2.75, 3.05) is 13.7 Å². The maximum Gasteiger partial charge on any atom is 0.323 e. The molecule has 4 heteroatoms. The number of carbonyl (C=O) groups is 1. The summed E-state index contributed by atoms with van der Waals surface area (Å²) in [5.74, 6) is 0.764. The highest BCUT2D eigenvalue weighted by molar-refractivity contribution is 5.77. The van der Waals surface area contributed by atoms with Crippen molar-refractivity contribution in [3.05, 3.63) is 29.8 Å². The minimum atomic E-state index is -0.148. The van der Waals surface area contributed by atoms with Gasteiger partial charge in [-0.15, -0.1) is 0 Å². The van der Waals surface area contributed by atoms with Gasteiger partial charge in [0.05, 0.1) is 6.61 Å². The van der Waals surface area contributed by atoms with Crippen molar-refractivity contribution in [1.82, 2.24) is 4.90 Å². The Morgan fingerprint density at radius 3 is 2.79 bits per heavy atom. The van der Waals surface area contributed by atoms with E-state index in [0.29, 0.717) is 13.2 Å². The molecule has 0 aromatic heterocycles. The average molecular weight is 263 g/mol. The van der Waals surface area contributed by atoms with Gasteiger partial charge in [0.1, 0.15) is 17.9 Å². The van der Waals surface area contributed by atoms with Crippen molar-refractivity contribution in [3.63, 3.8) is 0 Å². The van der Waals surface area contributed by atoms with Gasteiger partial charge in [-0.25, -0.2) is 0 Å². The van der Waals surface area contributed by atoms with Gasteiger partial charge in [0.2, 0.25) is 0 Å². The molecule has 1 aliphatic rings. The number of ether oxygens (including phenoxy) is 2. The summed E-state index contributed by atoms with van der Waals surface area (Å²) < 4.78 is 10.8. The first kappa shape index (κ1) is 13.9. The van der Waals surface area contributed by atoms with E-state index in [2.05, 4.69) is 0 Å². The number of carbonyl (C=O) groups excluding carboxylic acids is 1. The van der Waals surface area contributed by atoms with Gasteiger partial charge in [-0.1, -0.05) is 18.2 Å². The van der Waals surface area contributed by atoms with Gasteiger partial charge < -0.3 is 9.47 Å². The third kappa shape index (κ3) is 3.26. The zero-order valence-electron chi connectivity index (χ0n) is 11.8. The fourth-order valence-electron chi connectivity index (χ4n) is 2.41. The molecule has 1 saturated heterocycles. The average Bonchev–Trinajstić information content (AvgIpc) is 2.71. The molecule has 0 saturated carbocycles. The molecule has 1 aromatic rings. The van der Waals surface area contributed by atoms with Crippen LogP contribution in [-0.4, -0.2) is 36.7 Å². The van der Waals surface area contributed by atoms with Crippen LogP contribution < -0.4 is 4.74 Å². The molecule has 0 unspecified atom stereocenters. The Hall–Kier alpha value is -1.55. The summed E-state index contributed by atoms with van der Waals surface area (Å²) in [4.78, 5) is 13.8.